The van der Waals surface area contributed by atoms with E-state index in [-0.39, 0.29) is 43.1 Å². The molecule has 3 amide bonds. The number of hydrogen-bond donors (Lipinski definition) is 1. The lowest BCUT2D eigenvalue weighted by Gasteiger charge is -2.16. The average molecular weight is 350 g/mol. The van der Waals surface area contributed by atoms with E-state index in [0.29, 0.717) is 5.56 Å². The third kappa shape index (κ3) is 3.99. The molecule has 0 bridgehead atoms. The Balaban J connectivity index is 1.62. The minimum atomic E-state index is -0.155. The Morgan fingerprint density at radius 1 is 1.00 bits per heavy atom. The van der Waals surface area contributed by atoms with E-state index in [1.54, 1.807) is 24.3 Å². The molecule has 1 atom stereocenters. The molecule has 26 heavy (non-hydrogen) atoms. The van der Waals surface area contributed by atoms with E-state index in [1.807, 2.05) is 38.1 Å². The van der Waals surface area contributed by atoms with Crippen LogP contribution in [0.15, 0.2) is 48.5 Å². The SMILES string of the molecule is Cc1ccc(C(C)NC(=O)c2ccc(CN3C(=O)CCC3=O)cc2)cc1. The fraction of sp³-hybridized carbons (Fsp3) is 0.286. The van der Waals surface area contributed by atoms with Gasteiger partial charge in [-0.15, -0.1) is 0 Å². The number of imide groups is 1. The summed E-state index contributed by atoms with van der Waals surface area (Å²) >= 11 is 0. The third-order valence-corrected chi connectivity index (χ3v) is 4.64. The lowest BCUT2D eigenvalue weighted by Crippen LogP contribution is -2.28. The Hall–Kier alpha value is -2.95. The van der Waals surface area contributed by atoms with Crippen LogP contribution in [0.3, 0.4) is 0 Å². The second-order valence-electron chi connectivity index (χ2n) is 6.68. The van der Waals surface area contributed by atoms with E-state index in [2.05, 4.69) is 5.32 Å². The number of nitrogens with one attached hydrogen (secondary N) is 1. The summed E-state index contributed by atoms with van der Waals surface area (Å²) in [6.07, 6.45) is 0.576. The number of rotatable bonds is 5. The zero-order chi connectivity index (χ0) is 18.7. The zero-order valence-corrected chi connectivity index (χ0v) is 15.0. The van der Waals surface area contributed by atoms with Crippen molar-refractivity contribution in [2.45, 2.75) is 39.3 Å². The number of nitrogens with zero attached hydrogens (tertiary/aromatic N) is 1. The molecule has 1 N–H and O–H groups in total. The van der Waals surface area contributed by atoms with E-state index in [0.717, 1.165) is 11.1 Å². The molecule has 134 valence electrons. The average Bonchev–Trinajstić information content (AvgIpc) is 2.94. The van der Waals surface area contributed by atoms with E-state index in [1.165, 1.54) is 10.5 Å². The van der Waals surface area contributed by atoms with Crippen molar-refractivity contribution in [1.82, 2.24) is 10.2 Å². The number of benzene rings is 2. The summed E-state index contributed by atoms with van der Waals surface area (Å²) in [4.78, 5) is 37.1. The summed E-state index contributed by atoms with van der Waals surface area (Å²) in [6, 6.07) is 15.0. The summed E-state index contributed by atoms with van der Waals surface area (Å²) in [5, 5.41) is 2.98. The summed E-state index contributed by atoms with van der Waals surface area (Å²) in [6.45, 7) is 4.23. The molecule has 1 heterocycles. The van der Waals surface area contributed by atoms with Gasteiger partial charge >= 0.3 is 0 Å². The summed E-state index contributed by atoms with van der Waals surface area (Å²) in [5.41, 5.74) is 3.60. The molecule has 0 aliphatic carbocycles. The molecule has 1 aliphatic heterocycles. The van der Waals surface area contributed by atoms with Crippen molar-refractivity contribution in [2.75, 3.05) is 0 Å². The van der Waals surface area contributed by atoms with Crippen molar-refractivity contribution in [2.24, 2.45) is 0 Å². The Kier molecular flexibility index (Phi) is 5.16. The van der Waals surface area contributed by atoms with Crippen LogP contribution in [0, 0.1) is 6.92 Å². The Morgan fingerprint density at radius 3 is 2.15 bits per heavy atom. The lowest BCUT2D eigenvalue weighted by atomic mass is 10.1. The highest BCUT2D eigenvalue weighted by molar-refractivity contribution is 6.01. The first-order chi connectivity index (χ1) is 12.4. The van der Waals surface area contributed by atoms with Crippen molar-refractivity contribution in [1.29, 1.82) is 0 Å². The van der Waals surface area contributed by atoms with Gasteiger partial charge in [-0.1, -0.05) is 42.0 Å². The second-order valence-corrected chi connectivity index (χ2v) is 6.68. The molecule has 1 saturated heterocycles. The topological polar surface area (TPSA) is 66.5 Å². The summed E-state index contributed by atoms with van der Waals surface area (Å²) < 4.78 is 0. The normalized spacial score (nSPS) is 15.2. The Morgan fingerprint density at radius 2 is 1.58 bits per heavy atom. The maximum absolute atomic E-state index is 12.4. The van der Waals surface area contributed by atoms with Gasteiger partial charge in [-0.05, 0) is 37.1 Å². The van der Waals surface area contributed by atoms with Gasteiger partial charge in [-0.25, -0.2) is 0 Å². The highest BCUT2D eigenvalue weighted by atomic mass is 16.2. The van der Waals surface area contributed by atoms with Crippen LogP contribution < -0.4 is 5.32 Å². The second kappa shape index (κ2) is 7.52. The molecule has 2 aromatic rings. The standard InChI is InChI=1S/C21H22N2O3/c1-14-3-7-17(8-4-14)15(2)22-21(26)18-9-5-16(6-10-18)13-23-19(24)11-12-20(23)25/h3-10,15H,11-13H2,1-2H3,(H,22,26). The van der Waals surface area contributed by atoms with E-state index in [9.17, 15) is 14.4 Å². The number of likely N-dealkylation sites (tertiary alicyclic amines) is 1. The van der Waals surface area contributed by atoms with Gasteiger partial charge < -0.3 is 5.32 Å². The van der Waals surface area contributed by atoms with Gasteiger partial charge in [0.25, 0.3) is 5.91 Å². The van der Waals surface area contributed by atoms with E-state index < -0.39 is 0 Å². The third-order valence-electron chi connectivity index (χ3n) is 4.64. The molecular weight excluding hydrogens is 328 g/mol. The molecule has 2 aromatic carbocycles. The number of carbonyl (C=O) groups is 3. The molecule has 5 nitrogen and oxygen atoms in total. The van der Waals surface area contributed by atoms with Crippen molar-refractivity contribution in [3.63, 3.8) is 0 Å². The van der Waals surface area contributed by atoms with Gasteiger partial charge in [-0.3, -0.25) is 19.3 Å². The Labute approximate surface area is 153 Å². The van der Waals surface area contributed by atoms with Crippen LogP contribution >= 0.6 is 0 Å². The first kappa shape index (κ1) is 17.9. The van der Waals surface area contributed by atoms with Crippen LogP contribution in [0.5, 0.6) is 0 Å². The predicted octanol–water partition coefficient (Wildman–Crippen LogP) is 3.14. The van der Waals surface area contributed by atoms with Crippen LogP contribution in [0.4, 0.5) is 0 Å². The van der Waals surface area contributed by atoms with Crippen molar-refractivity contribution in [3.05, 3.63) is 70.8 Å². The largest absolute Gasteiger partial charge is 0.346 e. The highest BCUT2D eigenvalue weighted by Crippen LogP contribution is 2.17. The van der Waals surface area contributed by atoms with Gasteiger partial charge in [0.05, 0.1) is 12.6 Å². The van der Waals surface area contributed by atoms with Crippen LogP contribution in [0.1, 0.15) is 52.9 Å². The highest BCUT2D eigenvalue weighted by Gasteiger charge is 2.28. The molecule has 0 aromatic heterocycles. The summed E-state index contributed by atoms with van der Waals surface area (Å²) in [5.74, 6) is -0.426. The van der Waals surface area contributed by atoms with E-state index in [4.69, 9.17) is 0 Å². The van der Waals surface area contributed by atoms with Gasteiger partial charge in [0.1, 0.15) is 0 Å². The van der Waals surface area contributed by atoms with Gasteiger partial charge in [0.2, 0.25) is 11.8 Å². The van der Waals surface area contributed by atoms with Crippen LogP contribution in [-0.2, 0) is 16.1 Å². The van der Waals surface area contributed by atoms with Crippen molar-refractivity contribution >= 4 is 17.7 Å². The Bertz CT molecular complexity index is 809. The van der Waals surface area contributed by atoms with E-state index >= 15 is 0 Å². The molecule has 1 unspecified atom stereocenters. The first-order valence-electron chi connectivity index (χ1n) is 8.73. The maximum atomic E-state index is 12.4. The monoisotopic (exact) mass is 350 g/mol. The number of amides is 3. The quantitative estimate of drug-likeness (QED) is 0.843. The number of carbonyl (C=O) groups excluding carboxylic acids is 3. The summed E-state index contributed by atoms with van der Waals surface area (Å²) in [7, 11) is 0. The lowest BCUT2D eigenvalue weighted by molar-refractivity contribution is -0.139. The minimum Gasteiger partial charge on any atom is -0.346 e. The first-order valence-corrected chi connectivity index (χ1v) is 8.73. The molecular formula is C21H22N2O3. The molecule has 1 aliphatic rings. The van der Waals surface area contributed by atoms with Gasteiger partial charge in [-0.2, -0.15) is 0 Å². The van der Waals surface area contributed by atoms with Gasteiger partial charge in [0, 0.05) is 18.4 Å². The molecule has 0 radical (unpaired) electrons. The smallest absolute Gasteiger partial charge is 0.251 e. The minimum absolute atomic E-state index is 0.0948. The van der Waals surface area contributed by atoms with Gasteiger partial charge in [0.15, 0.2) is 0 Å². The van der Waals surface area contributed by atoms with Crippen LogP contribution in [-0.4, -0.2) is 22.6 Å². The molecule has 3 rings (SSSR count). The molecule has 5 heteroatoms. The van der Waals surface area contributed by atoms with Crippen LogP contribution in [0.25, 0.3) is 0 Å². The fourth-order valence-corrected chi connectivity index (χ4v) is 2.96. The number of hydrogen-bond acceptors (Lipinski definition) is 3. The predicted molar refractivity (Wildman–Crippen MR) is 98.3 cm³/mol. The maximum Gasteiger partial charge on any atom is 0.251 e. The van der Waals surface area contributed by atoms with Crippen molar-refractivity contribution in [3.8, 4) is 0 Å². The molecule has 0 saturated carbocycles. The molecule has 1 fully saturated rings. The fourth-order valence-electron chi connectivity index (χ4n) is 2.96. The molecule has 0 spiro atoms. The van der Waals surface area contributed by atoms with Crippen LogP contribution in [0.2, 0.25) is 0 Å². The number of aryl methyl sites for hydroxylation is 1. The zero-order valence-electron chi connectivity index (χ0n) is 15.0. The van der Waals surface area contributed by atoms with Crippen molar-refractivity contribution < 1.29 is 14.4 Å².